The summed E-state index contributed by atoms with van der Waals surface area (Å²) < 4.78 is 5.67. The zero-order valence-electron chi connectivity index (χ0n) is 10.7. The van der Waals surface area contributed by atoms with Gasteiger partial charge in [0.25, 0.3) is 0 Å². The smallest absolute Gasteiger partial charge is 0.335 e. The van der Waals surface area contributed by atoms with Gasteiger partial charge in [0, 0.05) is 0 Å². The second-order valence-corrected chi connectivity index (χ2v) is 4.41. The molecule has 1 aromatic carbocycles. The molecule has 17 heavy (non-hydrogen) atoms. The van der Waals surface area contributed by atoms with Gasteiger partial charge < -0.3 is 9.84 Å². The summed E-state index contributed by atoms with van der Waals surface area (Å²) in [4.78, 5) is 10.9. The fraction of sp³-hybridized carbons (Fsp3) is 0.500. The van der Waals surface area contributed by atoms with Crippen LogP contribution in [-0.2, 0) is 0 Å². The van der Waals surface area contributed by atoms with E-state index < -0.39 is 5.97 Å². The molecule has 0 fully saturated rings. The lowest BCUT2D eigenvalue weighted by Gasteiger charge is -2.14. The zero-order chi connectivity index (χ0) is 12.8. The third kappa shape index (κ3) is 3.77. The van der Waals surface area contributed by atoms with Crippen LogP contribution in [0, 0.1) is 0 Å². The quantitative estimate of drug-likeness (QED) is 0.766. The van der Waals surface area contributed by atoms with Crippen molar-refractivity contribution >= 4 is 5.97 Å². The lowest BCUT2D eigenvalue weighted by Crippen LogP contribution is -2.04. The molecule has 1 N–H and O–H groups in total. The first-order valence-corrected chi connectivity index (χ1v) is 6.06. The Morgan fingerprint density at radius 3 is 2.65 bits per heavy atom. The van der Waals surface area contributed by atoms with E-state index in [1.54, 1.807) is 12.1 Å². The Hall–Kier alpha value is -1.51. The first-order chi connectivity index (χ1) is 8.06. The minimum atomic E-state index is -0.916. The highest BCUT2D eigenvalue weighted by atomic mass is 16.5. The fourth-order valence-electron chi connectivity index (χ4n) is 1.60. The highest BCUT2D eigenvalue weighted by molar-refractivity contribution is 5.88. The maximum absolute atomic E-state index is 10.9. The van der Waals surface area contributed by atoms with E-state index in [1.165, 1.54) is 0 Å². The van der Waals surface area contributed by atoms with E-state index in [0.29, 0.717) is 18.3 Å². The van der Waals surface area contributed by atoms with Gasteiger partial charge in [-0.1, -0.05) is 33.3 Å². The molecule has 94 valence electrons. The van der Waals surface area contributed by atoms with Crippen molar-refractivity contribution in [3.8, 4) is 5.75 Å². The minimum Gasteiger partial charge on any atom is -0.493 e. The molecule has 0 aliphatic heterocycles. The van der Waals surface area contributed by atoms with Gasteiger partial charge in [-0.05, 0) is 30.0 Å². The van der Waals surface area contributed by atoms with Crippen molar-refractivity contribution in [3.05, 3.63) is 29.3 Å². The molecular weight excluding hydrogens is 216 g/mol. The molecule has 1 aromatic rings. The van der Waals surface area contributed by atoms with Crippen molar-refractivity contribution < 1.29 is 14.6 Å². The van der Waals surface area contributed by atoms with Crippen molar-refractivity contribution in [2.45, 2.75) is 39.5 Å². The summed E-state index contributed by atoms with van der Waals surface area (Å²) in [7, 11) is 0. The van der Waals surface area contributed by atoms with Crippen LogP contribution in [0.15, 0.2) is 18.2 Å². The molecule has 0 aliphatic carbocycles. The van der Waals surface area contributed by atoms with Crippen LogP contribution >= 0.6 is 0 Å². The molecule has 0 heterocycles. The third-order valence-electron chi connectivity index (χ3n) is 2.64. The van der Waals surface area contributed by atoms with Crippen LogP contribution < -0.4 is 4.74 Å². The van der Waals surface area contributed by atoms with Gasteiger partial charge in [-0.2, -0.15) is 0 Å². The Morgan fingerprint density at radius 2 is 2.12 bits per heavy atom. The van der Waals surface area contributed by atoms with E-state index in [-0.39, 0.29) is 5.56 Å². The number of hydrogen-bond acceptors (Lipinski definition) is 2. The molecule has 3 nitrogen and oxygen atoms in total. The van der Waals surface area contributed by atoms with Crippen LogP contribution in [0.25, 0.3) is 0 Å². The Kier molecular flexibility index (Phi) is 5.01. The van der Waals surface area contributed by atoms with Gasteiger partial charge in [0.1, 0.15) is 5.75 Å². The molecule has 0 amide bonds. The van der Waals surface area contributed by atoms with Gasteiger partial charge >= 0.3 is 5.97 Å². The predicted octanol–water partition coefficient (Wildman–Crippen LogP) is 3.69. The number of ether oxygens (including phenoxy) is 1. The number of carboxylic acid groups (broad SMARTS) is 1. The molecule has 0 spiro atoms. The lowest BCUT2D eigenvalue weighted by molar-refractivity contribution is 0.0696. The first-order valence-electron chi connectivity index (χ1n) is 6.06. The van der Waals surface area contributed by atoms with Gasteiger partial charge in [-0.3, -0.25) is 0 Å². The van der Waals surface area contributed by atoms with Crippen molar-refractivity contribution in [2.75, 3.05) is 6.61 Å². The number of aromatic carboxylic acids is 1. The molecule has 0 bridgehead atoms. The topological polar surface area (TPSA) is 46.5 Å². The number of benzene rings is 1. The zero-order valence-corrected chi connectivity index (χ0v) is 10.7. The maximum Gasteiger partial charge on any atom is 0.335 e. The Balaban J connectivity index is 2.94. The fourth-order valence-corrected chi connectivity index (χ4v) is 1.60. The number of carboxylic acids is 1. The average Bonchev–Trinajstić information content (AvgIpc) is 2.28. The van der Waals surface area contributed by atoms with Crippen LogP contribution in [0.1, 0.15) is 55.5 Å². The number of rotatable bonds is 6. The van der Waals surface area contributed by atoms with Crippen LogP contribution in [0.3, 0.4) is 0 Å². The lowest BCUT2D eigenvalue weighted by atomic mass is 10.0. The van der Waals surface area contributed by atoms with Crippen molar-refractivity contribution in [3.63, 3.8) is 0 Å². The van der Waals surface area contributed by atoms with Crippen LogP contribution in [-0.4, -0.2) is 17.7 Å². The summed E-state index contributed by atoms with van der Waals surface area (Å²) in [6, 6.07) is 5.09. The van der Waals surface area contributed by atoms with Gasteiger partial charge in [-0.25, -0.2) is 4.79 Å². The van der Waals surface area contributed by atoms with Crippen molar-refractivity contribution in [1.82, 2.24) is 0 Å². The van der Waals surface area contributed by atoms with Crippen LogP contribution in [0.4, 0.5) is 0 Å². The molecule has 0 saturated heterocycles. The van der Waals surface area contributed by atoms with Crippen molar-refractivity contribution in [2.24, 2.45) is 0 Å². The van der Waals surface area contributed by atoms with Gasteiger partial charge in [0.05, 0.1) is 12.2 Å². The number of carbonyl (C=O) groups is 1. The Morgan fingerprint density at radius 1 is 1.41 bits per heavy atom. The molecule has 0 radical (unpaired) electrons. The number of unbranched alkanes of at least 4 members (excludes halogenated alkanes) is 1. The highest BCUT2D eigenvalue weighted by Crippen LogP contribution is 2.27. The predicted molar refractivity (Wildman–Crippen MR) is 67.9 cm³/mol. The summed E-state index contributed by atoms with van der Waals surface area (Å²) in [5.74, 6) is 0.114. The van der Waals surface area contributed by atoms with E-state index in [4.69, 9.17) is 9.84 Å². The molecular formula is C14H20O3. The molecule has 1 rings (SSSR count). The summed E-state index contributed by atoms with van der Waals surface area (Å²) >= 11 is 0. The molecule has 0 saturated carbocycles. The Labute approximate surface area is 102 Å². The highest BCUT2D eigenvalue weighted by Gasteiger charge is 2.11. The molecule has 0 atom stereocenters. The number of hydrogen-bond donors (Lipinski definition) is 1. The third-order valence-corrected chi connectivity index (χ3v) is 2.64. The Bertz CT molecular complexity index is 383. The van der Waals surface area contributed by atoms with E-state index in [2.05, 4.69) is 20.8 Å². The normalized spacial score (nSPS) is 10.6. The monoisotopic (exact) mass is 236 g/mol. The van der Waals surface area contributed by atoms with Gasteiger partial charge in [-0.15, -0.1) is 0 Å². The van der Waals surface area contributed by atoms with Gasteiger partial charge in [0.2, 0.25) is 0 Å². The second-order valence-electron chi connectivity index (χ2n) is 4.41. The molecule has 0 aromatic heterocycles. The van der Waals surface area contributed by atoms with Crippen molar-refractivity contribution in [1.29, 1.82) is 0 Å². The van der Waals surface area contributed by atoms with E-state index in [1.807, 2.05) is 6.07 Å². The van der Waals surface area contributed by atoms with Gasteiger partial charge in [0.15, 0.2) is 0 Å². The van der Waals surface area contributed by atoms with E-state index >= 15 is 0 Å². The van der Waals surface area contributed by atoms with Crippen LogP contribution in [0.5, 0.6) is 5.75 Å². The molecule has 3 heteroatoms. The second kappa shape index (κ2) is 6.28. The largest absolute Gasteiger partial charge is 0.493 e. The standard InChI is InChI=1S/C14H20O3/c1-4-5-8-17-13-9-11(14(15)16)6-7-12(13)10(2)3/h6-7,9-10H,4-5,8H2,1-3H3,(H,15,16). The van der Waals surface area contributed by atoms with E-state index in [0.717, 1.165) is 18.4 Å². The summed E-state index contributed by atoms with van der Waals surface area (Å²) in [5.41, 5.74) is 1.34. The summed E-state index contributed by atoms with van der Waals surface area (Å²) in [5, 5.41) is 8.95. The minimum absolute atomic E-state index is 0.279. The van der Waals surface area contributed by atoms with Crippen LogP contribution in [0.2, 0.25) is 0 Å². The van der Waals surface area contributed by atoms with E-state index in [9.17, 15) is 4.79 Å². The summed E-state index contributed by atoms with van der Waals surface area (Å²) in [6.45, 7) is 6.88. The SMILES string of the molecule is CCCCOc1cc(C(=O)O)ccc1C(C)C. The molecule has 0 aliphatic rings. The maximum atomic E-state index is 10.9. The molecule has 0 unspecified atom stereocenters. The summed E-state index contributed by atoms with van der Waals surface area (Å²) in [6.07, 6.45) is 2.05. The average molecular weight is 236 g/mol. The first kappa shape index (κ1) is 13.6.